The molecule has 0 unspecified atom stereocenters. The zero-order valence-electron chi connectivity index (χ0n) is 9.71. The molecule has 0 atom stereocenters. The van der Waals surface area contributed by atoms with Crippen LogP contribution < -0.4 is 5.32 Å². The molecule has 18 heavy (non-hydrogen) atoms. The van der Waals surface area contributed by atoms with Crippen LogP contribution in [-0.4, -0.2) is 15.5 Å². The highest BCUT2D eigenvalue weighted by Gasteiger charge is 2.06. The lowest BCUT2D eigenvalue weighted by Crippen LogP contribution is -2.23. The average molecular weight is 240 g/mol. The van der Waals surface area contributed by atoms with Crippen LogP contribution in [-0.2, 0) is 11.3 Å². The van der Waals surface area contributed by atoms with Gasteiger partial charge in [-0.3, -0.25) is 4.79 Å². The van der Waals surface area contributed by atoms with E-state index in [9.17, 15) is 4.79 Å². The summed E-state index contributed by atoms with van der Waals surface area (Å²) in [5, 5.41) is 11.0. The number of benzene rings is 1. The number of amides is 1. The van der Waals surface area contributed by atoms with E-state index in [4.69, 9.17) is 5.26 Å². The number of nitrogens with one attached hydrogen (secondary N) is 1. The second-order valence-electron chi connectivity index (χ2n) is 3.66. The lowest BCUT2D eigenvalue weighted by atomic mass is 10.3. The third kappa shape index (κ3) is 2.74. The van der Waals surface area contributed by atoms with Crippen molar-refractivity contribution in [1.82, 2.24) is 14.9 Å². The number of hydrogen-bond donors (Lipinski definition) is 1. The van der Waals surface area contributed by atoms with Crippen LogP contribution in [0.15, 0.2) is 42.7 Å². The van der Waals surface area contributed by atoms with Gasteiger partial charge in [-0.15, -0.1) is 0 Å². The Balaban J connectivity index is 2.10. The molecular formula is C13H12N4O. The summed E-state index contributed by atoms with van der Waals surface area (Å²) in [6.45, 7) is 0.308. The van der Waals surface area contributed by atoms with Gasteiger partial charge in [-0.25, -0.2) is 4.98 Å². The van der Waals surface area contributed by atoms with E-state index in [1.54, 1.807) is 12.3 Å². The predicted molar refractivity (Wildman–Crippen MR) is 65.6 cm³/mol. The largest absolute Gasteiger partial charge is 0.348 e. The quantitative estimate of drug-likeness (QED) is 0.878. The summed E-state index contributed by atoms with van der Waals surface area (Å²) in [6.07, 6.45) is 3.38. The molecule has 0 saturated heterocycles. The lowest BCUT2D eigenvalue weighted by Gasteiger charge is -2.08. The summed E-state index contributed by atoms with van der Waals surface area (Å²) >= 11 is 0. The summed E-state index contributed by atoms with van der Waals surface area (Å²) in [5.74, 6) is 0.438. The number of carbonyl (C=O) groups is 1. The summed E-state index contributed by atoms with van der Waals surface area (Å²) in [4.78, 5) is 15.4. The number of rotatable bonds is 4. The maximum absolute atomic E-state index is 11.2. The Bertz CT molecular complexity index is 568. The fourth-order valence-corrected chi connectivity index (χ4v) is 1.60. The first-order valence-corrected chi connectivity index (χ1v) is 5.52. The van der Waals surface area contributed by atoms with Crippen molar-refractivity contribution in [3.8, 4) is 11.8 Å². The van der Waals surface area contributed by atoms with Crippen molar-refractivity contribution in [2.45, 2.75) is 13.0 Å². The van der Waals surface area contributed by atoms with Gasteiger partial charge in [0, 0.05) is 18.1 Å². The van der Waals surface area contributed by atoms with E-state index >= 15 is 0 Å². The van der Waals surface area contributed by atoms with Gasteiger partial charge in [0.25, 0.3) is 0 Å². The molecule has 0 aliphatic heterocycles. The van der Waals surface area contributed by atoms with Gasteiger partial charge in [0.05, 0.1) is 12.6 Å². The molecule has 90 valence electrons. The molecule has 0 aliphatic rings. The molecule has 2 rings (SSSR count). The summed E-state index contributed by atoms with van der Waals surface area (Å²) in [6, 6.07) is 11.5. The van der Waals surface area contributed by atoms with Gasteiger partial charge < -0.3 is 9.88 Å². The molecule has 0 aliphatic carbocycles. The molecule has 0 bridgehead atoms. The highest BCUT2D eigenvalue weighted by Crippen LogP contribution is 2.09. The van der Waals surface area contributed by atoms with Gasteiger partial charge >= 0.3 is 0 Å². The first-order valence-electron chi connectivity index (χ1n) is 5.52. The molecule has 0 fully saturated rings. The smallest absolute Gasteiger partial charge is 0.234 e. The number of hydrogen-bond acceptors (Lipinski definition) is 3. The maximum Gasteiger partial charge on any atom is 0.234 e. The van der Waals surface area contributed by atoms with Crippen molar-refractivity contribution >= 4 is 5.91 Å². The molecule has 0 radical (unpaired) electrons. The van der Waals surface area contributed by atoms with E-state index in [0.29, 0.717) is 6.54 Å². The zero-order chi connectivity index (χ0) is 12.8. The third-order valence-electron chi connectivity index (χ3n) is 2.44. The van der Waals surface area contributed by atoms with E-state index in [1.165, 1.54) is 0 Å². The molecule has 1 aromatic heterocycles. The molecule has 1 N–H and O–H groups in total. The minimum atomic E-state index is -0.292. The molecular weight excluding hydrogens is 228 g/mol. The molecule has 0 saturated carbocycles. The summed E-state index contributed by atoms with van der Waals surface area (Å²) < 4.78 is 1.90. The van der Waals surface area contributed by atoms with Gasteiger partial charge in [0.2, 0.25) is 5.91 Å². The number of nitriles is 1. The molecule has 1 aromatic carbocycles. The van der Waals surface area contributed by atoms with Crippen LogP contribution in [0.5, 0.6) is 0 Å². The van der Waals surface area contributed by atoms with Crippen molar-refractivity contribution in [1.29, 1.82) is 5.26 Å². The molecule has 0 spiro atoms. The Morgan fingerprint density at radius 3 is 2.89 bits per heavy atom. The number of imidazole rings is 1. The molecule has 1 amide bonds. The van der Waals surface area contributed by atoms with Crippen LogP contribution in [0.4, 0.5) is 0 Å². The number of para-hydroxylation sites is 1. The van der Waals surface area contributed by atoms with Crippen LogP contribution in [0.1, 0.15) is 12.2 Å². The van der Waals surface area contributed by atoms with Gasteiger partial charge in [-0.1, -0.05) is 18.2 Å². The van der Waals surface area contributed by atoms with E-state index in [1.807, 2.05) is 41.1 Å². The second kappa shape index (κ2) is 5.64. The van der Waals surface area contributed by atoms with Crippen molar-refractivity contribution in [3.63, 3.8) is 0 Å². The Hall–Kier alpha value is -2.61. The van der Waals surface area contributed by atoms with Crippen molar-refractivity contribution < 1.29 is 4.79 Å². The number of aromatic nitrogens is 2. The zero-order valence-corrected chi connectivity index (χ0v) is 9.71. The predicted octanol–water partition coefficient (Wildman–Crippen LogP) is 1.40. The Morgan fingerprint density at radius 2 is 2.17 bits per heavy atom. The SMILES string of the molecule is N#CCC(=O)NCc1nccn1-c1ccccc1. The lowest BCUT2D eigenvalue weighted by molar-refractivity contribution is -0.120. The van der Waals surface area contributed by atoms with E-state index in [-0.39, 0.29) is 12.3 Å². The fourth-order valence-electron chi connectivity index (χ4n) is 1.60. The highest BCUT2D eigenvalue weighted by atomic mass is 16.1. The van der Waals surface area contributed by atoms with Crippen molar-refractivity contribution in [2.75, 3.05) is 0 Å². The number of nitrogens with zero attached hydrogens (tertiary/aromatic N) is 3. The van der Waals surface area contributed by atoms with E-state index < -0.39 is 0 Å². The van der Waals surface area contributed by atoms with Gasteiger partial charge in [-0.2, -0.15) is 5.26 Å². The van der Waals surface area contributed by atoms with Crippen LogP contribution in [0.3, 0.4) is 0 Å². The minimum absolute atomic E-state index is 0.133. The number of carbonyl (C=O) groups excluding carboxylic acids is 1. The summed E-state index contributed by atoms with van der Waals surface area (Å²) in [7, 11) is 0. The van der Waals surface area contributed by atoms with Gasteiger partial charge in [0.15, 0.2) is 0 Å². The molecule has 5 heteroatoms. The van der Waals surface area contributed by atoms with Gasteiger partial charge in [-0.05, 0) is 12.1 Å². The topological polar surface area (TPSA) is 70.7 Å². The third-order valence-corrected chi connectivity index (χ3v) is 2.44. The monoisotopic (exact) mass is 240 g/mol. The van der Waals surface area contributed by atoms with Crippen molar-refractivity contribution in [2.24, 2.45) is 0 Å². The Kier molecular flexibility index (Phi) is 3.72. The Labute approximate surface area is 105 Å². The van der Waals surface area contributed by atoms with Gasteiger partial charge in [0.1, 0.15) is 12.2 Å². The first-order chi connectivity index (χ1) is 8.81. The first kappa shape index (κ1) is 11.9. The van der Waals surface area contributed by atoms with Crippen LogP contribution in [0, 0.1) is 11.3 Å². The maximum atomic E-state index is 11.2. The summed E-state index contributed by atoms with van der Waals surface area (Å²) in [5.41, 5.74) is 0.986. The average Bonchev–Trinajstić information content (AvgIpc) is 2.86. The Morgan fingerprint density at radius 1 is 1.39 bits per heavy atom. The highest BCUT2D eigenvalue weighted by molar-refractivity contribution is 5.77. The van der Waals surface area contributed by atoms with E-state index in [0.717, 1.165) is 11.5 Å². The normalized spacial score (nSPS) is 9.72. The van der Waals surface area contributed by atoms with Crippen LogP contribution in [0.25, 0.3) is 5.69 Å². The fraction of sp³-hybridized carbons (Fsp3) is 0.154. The molecule has 2 aromatic rings. The second-order valence-corrected chi connectivity index (χ2v) is 3.66. The van der Waals surface area contributed by atoms with Crippen LogP contribution >= 0.6 is 0 Å². The molecule has 5 nitrogen and oxygen atoms in total. The standard InChI is InChI=1S/C13H12N4O/c14-7-6-13(18)16-10-12-15-8-9-17(12)11-4-2-1-3-5-11/h1-5,8-9H,6,10H2,(H,16,18). The van der Waals surface area contributed by atoms with E-state index in [2.05, 4.69) is 10.3 Å². The minimum Gasteiger partial charge on any atom is -0.348 e. The molecule has 1 heterocycles. The van der Waals surface area contributed by atoms with Crippen molar-refractivity contribution in [3.05, 3.63) is 48.5 Å². The van der Waals surface area contributed by atoms with Crippen LogP contribution in [0.2, 0.25) is 0 Å².